The summed E-state index contributed by atoms with van der Waals surface area (Å²) in [5.74, 6) is -0.812. The Morgan fingerprint density at radius 3 is 2.39 bits per heavy atom. The van der Waals surface area contributed by atoms with Crippen LogP contribution in [0.4, 0.5) is 17.6 Å². The van der Waals surface area contributed by atoms with Gasteiger partial charge in [-0.3, -0.25) is 4.79 Å². The summed E-state index contributed by atoms with van der Waals surface area (Å²) in [6, 6.07) is 6.86. The second-order valence-electron chi connectivity index (χ2n) is 9.79. The number of rotatable bonds is 3. The van der Waals surface area contributed by atoms with Gasteiger partial charge in [0.15, 0.2) is 11.6 Å². The summed E-state index contributed by atoms with van der Waals surface area (Å²) in [5, 5.41) is 3.48. The molecule has 1 saturated heterocycles. The highest BCUT2D eigenvalue weighted by atomic mass is 19.4. The van der Waals surface area contributed by atoms with Crippen molar-refractivity contribution in [3.8, 4) is 5.75 Å². The van der Waals surface area contributed by atoms with Gasteiger partial charge in [0.1, 0.15) is 5.69 Å². The molecule has 2 aromatic rings. The van der Waals surface area contributed by atoms with E-state index in [4.69, 9.17) is 4.74 Å². The molecule has 0 saturated carbocycles. The summed E-state index contributed by atoms with van der Waals surface area (Å²) in [4.78, 5) is 14.6. The molecule has 1 fully saturated rings. The molecule has 1 N–H and O–H groups in total. The fraction of sp³-hybridized carbons (Fsp3) is 0.542. The van der Waals surface area contributed by atoms with E-state index in [-0.39, 0.29) is 24.8 Å². The van der Waals surface area contributed by atoms with Crippen LogP contribution >= 0.6 is 0 Å². The zero-order valence-electron chi connectivity index (χ0n) is 19.2. The molecule has 1 aromatic heterocycles. The van der Waals surface area contributed by atoms with Crippen LogP contribution in [0, 0.1) is 5.82 Å². The van der Waals surface area contributed by atoms with Gasteiger partial charge in [0.2, 0.25) is 0 Å². The molecule has 0 aliphatic carbocycles. The van der Waals surface area contributed by atoms with E-state index >= 15 is 0 Å². The van der Waals surface area contributed by atoms with Gasteiger partial charge in [-0.05, 0) is 70.9 Å². The molecule has 5 nitrogen and oxygen atoms in total. The van der Waals surface area contributed by atoms with E-state index < -0.39 is 28.8 Å². The lowest BCUT2D eigenvalue weighted by molar-refractivity contribution is -0.146. The lowest BCUT2D eigenvalue weighted by Gasteiger charge is -2.50. The number of ether oxygens (including phenoxy) is 1. The number of carbonyl (C=O) groups excluding carboxylic acids is 1. The molecular formula is C24H31F4N3O2. The average molecular weight is 470 g/mol. The largest absolute Gasteiger partial charge is 0.488 e. The van der Waals surface area contributed by atoms with Crippen LogP contribution in [0.5, 0.6) is 5.75 Å². The minimum atomic E-state index is -4.44. The first-order valence-electron chi connectivity index (χ1n) is 11.1. The van der Waals surface area contributed by atoms with Crippen molar-refractivity contribution in [2.75, 3.05) is 19.6 Å². The molecule has 2 aliphatic rings. The highest BCUT2D eigenvalue weighted by Crippen LogP contribution is 2.44. The first kappa shape index (κ1) is 23.6. The van der Waals surface area contributed by atoms with Crippen molar-refractivity contribution in [1.82, 2.24) is 14.8 Å². The second kappa shape index (κ2) is 8.04. The number of hydrogen-bond acceptors (Lipinski definition) is 3. The lowest BCUT2D eigenvalue weighted by Crippen LogP contribution is -2.61. The molecule has 0 atom stereocenters. The summed E-state index contributed by atoms with van der Waals surface area (Å²) in [6.45, 7) is 8.23. The van der Waals surface area contributed by atoms with E-state index in [1.54, 1.807) is 38.7 Å². The smallest absolute Gasteiger partial charge is 0.431 e. The standard InChI is InChI=1S/C24H29F4N3O2.H2/c1-15(2)33-18-6-5-16(13-17(18)25)21(32)30-11-9-23(10-12-30)19-7-8-20(24(26,27)28)31(19)22(3,4)14-29-23;/h5-8,13,15,29H,9-12,14H2,1-4H3;1H. The van der Waals surface area contributed by atoms with Gasteiger partial charge in [0, 0.05) is 32.3 Å². The molecule has 3 heterocycles. The fourth-order valence-corrected chi connectivity index (χ4v) is 4.93. The number of piperidine rings is 1. The number of carbonyl (C=O) groups is 1. The van der Waals surface area contributed by atoms with E-state index in [0.29, 0.717) is 38.2 Å². The van der Waals surface area contributed by atoms with Crippen molar-refractivity contribution in [1.29, 1.82) is 0 Å². The van der Waals surface area contributed by atoms with Gasteiger partial charge in [-0.2, -0.15) is 13.2 Å². The zero-order valence-corrected chi connectivity index (χ0v) is 19.2. The number of aromatic nitrogens is 1. The fourth-order valence-electron chi connectivity index (χ4n) is 4.93. The maximum atomic E-state index is 14.4. The number of alkyl halides is 3. The van der Waals surface area contributed by atoms with Crippen LogP contribution in [-0.4, -0.2) is 41.1 Å². The number of nitrogens with one attached hydrogen (secondary N) is 1. The van der Waals surface area contributed by atoms with Gasteiger partial charge in [0.25, 0.3) is 5.91 Å². The van der Waals surface area contributed by atoms with E-state index in [9.17, 15) is 22.4 Å². The van der Waals surface area contributed by atoms with Crippen molar-refractivity contribution in [2.45, 2.75) is 63.9 Å². The maximum absolute atomic E-state index is 14.4. The number of hydrogen-bond donors (Lipinski definition) is 1. The summed E-state index contributed by atoms with van der Waals surface area (Å²) >= 11 is 0. The maximum Gasteiger partial charge on any atom is 0.431 e. The topological polar surface area (TPSA) is 46.5 Å². The molecule has 9 heteroatoms. The van der Waals surface area contributed by atoms with Gasteiger partial charge in [0.05, 0.1) is 17.2 Å². The molecule has 2 aliphatic heterocycles. The van der Waals surface area contributed by atoms with Gasteiger partial charge < -0.3 is 19.5 Å². The second-order valence-corrected chi connectivity index (χ2v) is 9.79. The van der Waals surface area contributed by atoms with Gasteiger partial charge in [-0.15, -0.1) is 0 Å². The Kier molecular flexibility index (Phi) is 5.75. The van der Waals surface area contributed by atoms with Crippen LogP contribution in [0.3, 0.4) is 0 Å². The first-order chi connectivity index (χ1) is 15.3. The van der Waals surface area contributed by atoms with Crippen molar-refractivity contribution < 1.29 is 28.5 Å². The minimum absolute atomic E-state index is 0. The van der Waals surface area contributed by atoms with Gasteiger partial charge in [-0.1, -0.05) is 0 Å². The highest BCUT2D eigenvalue weighted by molar-refractivity contribution is 5.94. The molecule has 1 spiro atoms. The van der Waals surface area contributed by atoms with Crippen LogP contribution in [-0.2, 0) is 17.3 Å². The Balaban J connectivity index is 0.00000324. The van der Waals surface area contributed by atoms with E-state index in [2.05, 4.69) is 5.32 Å². The predicted octanol–water partition coefficient (Wildman–Crippen LogP) is 5.15. The molecule has 182 valence electrons. The highest BCUT2D eigenvalue weighted by Gasteiger charge is 2.49. The molecule has 0 bridgehead atoms. The van der Waals surface area contributed by atoms with E-state index in [0.717, 1.165) is 6.07 Å². The summed E-state index contributed by atoms with van der Waals surface area (Å²) in [6.07, 6.45) is -3.70. The quantitative estimate of drug-likeness (QED) is 0.633. The van der Waals surface area contributed by atoms with Crippen LogP contribution < -0.4 is 10.1 Å². The Morgan fingerprint density at radius 2 is 1.82 bits per heavy atom. The molecule has 0 unspecified atom stereocenters. The monoisotopic (exact) mass is 469 g/mol. The van der Waals surface area contributed by atoms with Gasteiger partial charge in [-0.25, -0.2) is 4.39 Å². The first-order valence-corrected chi connectivity index (χ1v) is 11.1. The van der Waals surface area contributed by atoms with Gasteiger partial charge >= 0.3 is 6.18 Å². The predicted molar refractivity (Wildman–Crippen MR) is 118 cm³/mol. The third kappa shape index (κ3) is 4.23. The van der Waals surface area contributed by atoms with Crippen molar-refractivity contribution in [3.63, 3.8) is 0 Å². The third-order valence-electron chi connectivity index (χ3n) is 6.57. The molecule has 0 radical (unpaired) electrons. The Morgan fingerprint density at radius 1 is 1.15 bits per heavy atom. The lowest BCUT2D eigenvalue weighted by atomic mass is 9.80. The number of benzene rings is 1. The molecule has 4 rings (SSSR count). The van der Waals surface area contributed by atoms with Crippen LogP contribution in [0.1, 0.15) is 63.7 Å². The summed E-state index contributed by atoms with van der Waals surface area (Å²) in [5.41, 5.74) is -1.21. The Bertz CT molecular complexity index is 1060. The van der Waals surface area contributed by atoms with Crippen molar-refractivity contribution in [2.24, 2.45) is 0 Å². The summed E-state index contributed by atoms with van der Waals surface area (Å²) < 4.78 is 62.1. The Labute approximate surface area is 192 Å². The van der Waals surface area contributed by atoms with Crippen LogP contribution in [0.15, 0.2) is 30.3 Å². The number of halogens is 4. The number of nitrogens with zero attached hydrogens (tertiary/aromatic N) is 2. The van der Waals surface area contributed by atoms with Crippen molar-refractivity contribution in [3.05, 3.63) is 53.1 Å². The average Bonchev–Trinajstić information content (AvgIpc) is 3.21. The van der Waals surface area contributed by atoms with E-state index in [1.165, 1.54) is 22.8 Å². The number of amides is 1. The van der Waals surface area contributed by atoms with Crippen LogP contribution in [0.25, 0.3) is 0 Å². The zero-order chi connectivity index (χ0) is 24.2. The van der Waals surface area contributed by atoms with Crippen molar-refractivity contribution >= 4 is 5.91 Å². The van der Waals surface area contributed by atoms with Crippen LogP contribution in [0.2, 0.25) is 0 Å². The molecule has 1 amide bonds. The minimum Gasteiger partial charge on any atom is -0.488 e. The molecular weight excluding hydrogens is 438 g/mol. The molecule has 33 heavy (non-hydrogen) atoms. The number of fused-ring (bicyclic) bond motifs is 2. The van der Waals surface area contributed by atoms with E-state index in [1.807, 2.05) is 0 Å². The SMILES string of the molecule is CC(C)Oc1ccc(C(=O)N2CCC3(CC2)NCC(C)(C)n2c(C(F)(F)F)ccc23)cc1F.[HH]. The molecule has 1 aromatic carbocycles. The Hall–Kier alpha value is -2.55. The normalized spacial score (nSPS) is 19.6. The number of likely N-dealkylation sites (tertiary alicyclic amines) is 1. The third-order valence-corrected chi connectivity index (χ3v) is 6.57. The summed E-state index contributed by atoms with van der Waals surface area (Å²) in [7, 11) is 0.